The quantitative estimate of drug-likeness (QED) is 0.780. The largest absolute Gasteiger partial charge is 0.462 e. The molecular formula is C15H27NO3. The van der Waals surface area contributed by atoms with Crippen LogP contribution in [0.15, 0.2) is 0 Å². The second kappa shape index (κ2) is 7.51. The molecule has 0 bridgehead atoms. The Labute approximate surface area is 116 Å². The van der Waals surface area contributed by atoms with Gasteiger partial charge in [0, 0.05) is 13.5 Å². The van der Waals surface area contributed by atoms with E-state index in [9.17, 15) is 9.59 Å². The number of carbonyl (C=O) groups is 2. The molecule has 1 saturated carbocycles. The van der Waals surface area contributed by atoms with Crippen LogP contribution >= 0.6 is 0 Å². The van der Waals surface area contributed by atoms with E-state index in [0.717, 1.165) is 12.8 Å². The lowest BCUT2D eigenvalue weighted by Gasteiger charge is -2.36. The molecule has 0 spiro atoms. The van der Waals surface area contributed by atoms with Gasteiger partial charge in [-0.05, 0) is 30.6 Å². The Bertz CT molecular complexity index is 315. The van der Waals surface area contributed by atoms with Gasteiger partial charge in [-0.25, -0.2) is 0 Å². The van der Waals surface area contributed by atoms with E-state index < -0.39 is 0 Å². The summed E-state index contributed by atoms with van der Waals surface area (Å²) in [6.45, 7) is 8.41. The van der Waals surface area contributed by atoms with Gasteiger partial charge >= 0.3 is 5.97 Å². The summed E-state index contributed by atoms with van der Waals surface area (Å²) in [4.78, 5) is 22.5. The predicted molar refractivity (Wildman–Crippen MR) is 74.5 cm³/mol. The monoisotopic (exact) mass is 269 g/mol. The normalized spacial score (nSPS) is 27.1. The van der Waals surface area contributed by atoms with Crippen LogP contribution in [0.25, 0.3) is 0 Å². The summed E-state index contributed by atoms with van der Waals surface area (Å²) < 4.78 is 5.63. The Hall–Kier alpha value is -1.06. The predicted octanol–water partition coefficient (Wildman–Crippen LogP) is 2.52. The van der Waals surface area contributed by atoms with Gasteiger partial charge in [0.1, 0.15) is 6.10 Å². The number of hydrogen-bond donors (Lipinski definition) is 1. The highest BCUT2D eigenvalue weighted by Gasteiger charge is 2.33. The van der Waals surface area contributed by atoms with Gasteiger partial charge in [-0.15, -0.1) is 0 Å². The van der Waals surface area contributed by atoms with Crippen molar-refractivity contribution in [2.45, 2.75) is 59.5 Å². The van der Waals surface area contributed by atoms with Crippen LogP contribution in [-0.2, 0) is 14.3 Å². The lowest BCUT2D eigenvalue weighted by atomic mass is 9.75. The lowest BCUT2D eigenvalue weighted by molar-refractivity contribution is -0.155. The molecule has 3 unspecified atom stereocenters. The molecule has 0 aromatic heterocycles. The van der Waals surface area contributed by atoms with Crippen molar-refractivity contribution in [2.24, 2.45) is 17.8 Å². The number of esters is 1. The van der Waals surface area contributed by atoms with Crippen LogP contribution in [0.5, 0.6) is 0 Å². The van der Waals surface area contributed by atoms with Crippen LogP contribution < -0.4 is 5.32 Å². The molecule has 1 amide bonds. The van der Waals surface area contributed by atoms with E-state index in [1.807, 2.05) is 0 Å². The van der Waals surface area contributed by atoms with Gasteiger partial charge in [0.2, 0.25) is 5.91 Å². The van der Waals surface area contributed by atoms with Crippen LogP contribution in [0.4, 0.5) is 0 Å². The van der Waals surface area contributed by atoms with Crippen molar-refractivity contribution >= 4 is 11.9 Å². The van der Waals surface area contributed by atoms with E-state index in [0.29, 0.717) is 24.3 Å². The summed E-state index contributed by atoms with van der Waals surface area (Å²) in [6, 6.07) is 0. The van der Waals surface area contributed by atoms with E-state index in [2.05, 4.69) is 26.1 Å². The summed E-state index contributed by atoms with van der Waals surface area (Å²) in [5.41, 5.74) is 0. The highest BCUT2D eigenvalue weighted by atomic mass is 16.5. The van der Waals surface area contributed by atoms with Gasteiger partial charge in [0.15, 0.2) is 0 Å². The molecule has 1 aliphatic rings. The van der Waals surface area contributed by atoms with Crippen LogP contribution in [0, 0.1) is 17.8 Å². The molecule has 4 heteroatoms. The average Bonchev–Trinajstić information content (AvgIpc) is 2.27. The summed E-state index contributed by atoms with van der Waals surface area (Å²) in [5.74, 6) is 1.34. The van der Waals surface area contributed by atoms with E-state index >= 15 is 0 Å². The Morgan fingerprint density at radius 3 is 2.58 bits per heavy atom. The first-order valence-electron chi connectivity index (χ1n) is 7.34. The zero-order valence-corrected chi connectivity index (χ0v) is 12.6. The molecule has 0 aromatic rings. The minimum absolute atomic E-state index is 0.0496. The maximum Gasteiger partial charge on any atom is 0.307 e. The van der Waals surface area contributed by atoms with Crippen molar-refractivity contribution in [3.8, 4) is 0 Å². The molecule has 0 saturated heterocycles. The molecule has 3 atom stereocenters. The third-order valence-corrected chi connectivity index (χ3v) is 3.95. The molecule has 110 valence electrons. The van der Waals surface area contributed by atoms with E-state index in [1.54, 1.807) is 0 Å². The highest BCUT2D eigenvalue weighted by molar-refractivity contribution is 5.74. The maximum absolute atomic E-state index is 11.8. The Balaban J connectivity index is 2.42. The molecule has 0 radical (unpaired) electrons. The van der Waals surface area contributed by atoms with Gasteiger partial charge in [-0.1, -0.05) is 27.2 Å². The maximum atomic E-state index is 11.8. The van der Waals surface area contributed by atoms with Gasteiger partial charge in [-0.2, -0.15) is 0 Å². The number of rotatable bonds is 5. The van der Waals surface area contributed by atoms with Gasteiger partial charge in [0.05, 0.1) is 6.42 Å². The molecule has 0 heterocycles. The zero-order chi connectivity index (χ0) is 14.4. The van der Waals surface area contributed by atoms with E-state index in [1.165, 1.54) is 13.3 Å². The molecule has 0 aliphatic heterocycles. The first-order chi connectivity index (χ1) is 8.90. The zero-order valence-electron chi connectivity index (χ0n) is 12.6. The second-order valence-corrected chi connectivity index (χ2v) is 6.09. The number of nitrogens with one attached hydrogen (secondary N) is 1. The third-order valence-electron chi connectivity index (χ3n) is 3.95. The fraction of sp³-hybridized carbons (Fsp3) is 0.867. The highest BCUT2D eigenvalue weighted by Crippen LogP contribution is 2.35. The van der Waals surface area contributed by atoms with Gasteiger partial charge < -0.3 is 10.1 Å². The Morgan fingerprint density at radius 1 is 1.32 bits per heavy atom. The number of carbonyl (C=O) groups excluding carboxylic acids is 2. The molecule has 1 N–H and O–H groups in total. The summed E-state index contributed by atoms with van der Waals surface area (Å²) in [7, 11) is 0. The van der Waals surface area contributed by atoms with Crippen LogP contribution in [0.1, 0.15) is 53.4 Å². The lowest BCUT2D eigenvalue weighted by Crippen LogP contribution is -2.36. The second-order valence-electron chi connectivity index (χ2n) is 6.09. The molecule has 1 fully saturated rings. The molecule has 0 aromatic carbocycles. The SMILES string of the molecule is CC(=O)NCCC(=O)OC1CC(C)CCC1C(C)C. The van der Waals surface area contributed by atoms with Crippen molar-refractivity contribution in [1.29, 1.82) is 0 Å². The summed E-state index contributed by atoms with van der Waals surface area (Å²) in [5, 5.41) is 2.62. The van der Waals surface area contributed by atoms with E-state index in [4.69, 9.17) is 4.74 Å². The van der Waals surface area contributed by atoms with Crippen LogP contribution in [0.2, 0.25) is 0 Å². The van der Waals surface area contributed by atoms with Crippen molar-refractivity contribution in [3.63, 3.8) is 0 Å². The molecular weight excluding hydrogens is 242 g/mol. The van der Waals surface area contributed by atoms with Crippen molar-refractivity contribution in [3.05, 3.63) is 0 Å². The minimum atomic E-state index is -0.196. The summed E-state index contributed by atoms with van der Waals surface area (Å²) in [6.07, 6.45) is 3.64. The van der Waals surface area contributed by atoms with E-state index in [-0.39, 0.29) is 24.4 Å². The Morgan fingerprint density at radius 2 is 2.00 bits per heavy atom. The molecule has 4 nitrogen and oxygen atoms in total. The minimum Gasteiger partial charge on any atom is -0.462 e. The van der Waals surface area contributed by atoms with Crippen molar-refractivity contribution in [2.75, 3.05) is 6.54 Å². The van der Waals surface area contributed by atoms with Gasteiger partial charge in [-0.3, -0.25) is 9.59 Å². The first-order valence-corrected chi connectivity index (χ1v) is 7.34. The first kappa shape index (κ1) is 16.0. The summed E-state index contributed by atoms with van der Waals surface area (Å²) >= 11 is 0. The smallest absolute Gasteiger partial charge is 0.307 e. The van der Waals surface area contributed by atoms with Crippen LogP contribution in [0.3, 0.4) is 0 Å². The topological polar surface area (TPSA) is 55.4 Å². The third kappa shape index (κ3) is 5.62. The fourth-order valence-electron chi connectivity index (χ4n) is 2.82. The number of hydrogen-bond acceptors (Lipinski definition) is 3. The molecule has 1 aliphatic carbocycles. The Kier molecular flexibility index (Phi) is 6.32. The number of amides is 1. The van der Waals surface area contributed by atoms with Gasteiger partial charge in [0.25, 0.3) is 0 Å². The van der Waals surface area contributed by atoms with Crippen LogP contribution in [-0.4, -0.2) is 24.5 Å². The van der Waals surface area contributed by atoms with Crippen molar-refractivity contribution < 1.29 is 14.3 Å². The molecule has 19 heavy (non-hydrogen) atoms. The van der Waals surface area contributed by atoms with Crippen molar-refractivity contribution in [1.82, 2.24) is 5.32 Å². The standard InChI is InChI=1S/C15H27NO3/c1-10(2)13-6-5-11(3)9-14(13)19-15(18)7-8-16-12(4)17/h10-11,13-14H,5-9H2,1-4H3,(H,16,17). The molecule has 1 rings (SSSR count). The average molecular weight is 269 g/mol. The number of ether oxygens (including phenoxy) is 1. The fourth-order valence-corrected chi connectivity index (χ4v) is 2.82.